The Morgan fingerprint density at radius 3 is 2.61 bits per heavy atom. The van der Waals surface area contributed by atoms with Gasteiger partial charge >= 0.3 is 5.97 Å². The average molecular weight is 524 g/mol. The molecule has 1 aromatic carbocycles. The summed E-state index contributed by atoms with van der Waals surface area (Å²) in [7, 11) is 1.38. The Bertz CT molecular complexity index is 1270. The number of pyridine rings is 1. The van der Waals surface area contributed by atoms with Crippen LogP contribution in [0.15, 0.2) is 54.0 Å². The summed E-state index contributed by atoms with van der Waals surface area (Å²) >= 11 is 3.15. The Labute approximate surface area is 221 Å². The fourth-order valence-electron chi connectivity index (χ4n) is 3.58. The van der Waals surface area contributed by atoms with Crippen LogP contribution in [0.3, 0.4) is 0 Å². The second-order valence-electron chi connectivity index (χ2n) is 8.06. The van der Waals surface area contributed by atoms with Crippen LogP contribution in [0.5, 0.6) is 5.75 Å². The summed E-state index contributed by atoms with van der Waals surface area (Å²) in [5.41, 5.74) is 3.17. The Hall–Kier alpha value is -3.23. The second kappa shape index (κ2) is 13.2. The van der Waals surface area contributed by atoms with Gasteiger partial charge in [-0.15, -0.1) is 22.7 Å². The van der Waals surface area contributed by atoms with Crippen molar-refractivity contribution in [2.45, 2.75) is 41.0 Å². The lowest BCUT2D eigenvalue weighted by Crippen LogP contribution is -2.05. The number of nitrogens with zero attached hydrogens (tertiary/aromatic N) is 2. The molecule has 3 aromatic heterocycles. The van der Waals surface area contributed by atoms with Crippen LogP contribution in [-0.2, 0) is 11.2 Å². The van der Waals surface area contributed by atoms with Crippen LogP contribution in [0.2, 0.25) is 0 Å². The fourth-order valence-corrected chi connectivity index (χ4v) is 5.53. The molecule has 0 aliphatic carbocycles. The Morgan fingerprint density at radius 2 is 1.94 bits per heavy atom. The summed E-state index contributed by atoms with van der Waals surface area (Å²) in [4.78, 5) is 24.1. The highest BCUT2D eigenvalue weighted by Gasteiger charge is 2.19. The number of benzene rings is 1. The molecule has 0 saturated carbocycles. The maximum Gasteiger partial charge on any atom is 0.338 e. The minimum atomic E-state index is -0.401. The Balaban J connectivity index is 0.00000176. The molecule has 0 aliphatic heterocycles. The molecule has 0 saturated heterocycles. The number of esters is 1. The number of aromatic nitrogens is 2. The summed E-state index contributed by atoms with van der Waals surface area (Å²) in [6.45, 7) is 11.0. The largest absolute Gasteiger partial charge is 0.494 e. The smallest absolute Gasteiger partial charge is 0.338 e. The number of anilines is 2. The molecule has 36 heavy (non-hydrogen) atoms. The van der Waals surface area contributed by atoms with Crippen molar-refractivity contribution >= 4 is 39.6 Å². The zero-order valence-electron chi connectivity index (χ0n) is 21.6. The first-order valence-corrected chi connectivity index (χ1v) is 13.8. The molecule has 4 aromatic rings. The molecule has 0 fully saturated rings. The first kappa shape index (κ1) is 27.4. The maximum absolute atomic E-state index is 12.5. The maximum atomic E-state index is 12.5. The molecule has 3 heterocycles. The highest BCUT2D eigenvalue weighted by Crippen LogP contribution is 2.36. The topological polar surface area (TPSA) is 73.3 Å². The van der Waals surface area contributed by atoms with Crippen LogP contribution >= 0.6 is 22.7 Å². The minimum Gasteiger partial charge on any atom is -0.494 e. The molecule has 0 atom stereocenters. The second-order valence-corrected chi connectivity index (χ2v) is 10.1. The van der Waals surface area contributed by atoms with Gasteiger partial charge in [0.15, 0.2) is 5.13 Å². The average Bonchev–Trinajstić information content (AvgIpc) is 3.55. The molecule has 0 radical (unpaired) electrons. The van der Waals surface area contributed by atoms with Gasteiger partial charge in [0.1, 0.15) is 11.6 Å². The monoisotopic (exact) mass is 523 g/mol. The van der Waals surface area contributed by atoms with E-state index in [4.69, 9.17) is 14.5 Å². The molecule has 190 valence electrons. The van der Waals surface area contributed by atoms with E-state index in [0.29, 0.717) is 23.9 Å². The van der Waals surface area contributed by atoms with Crippen molar-refractivity contribution in [1.29, 1.82) is 0 Å². The summed E-state index contributed by atoms with van der Waals surface area (Å²) in [5.74, 6) is 1.45. The van der Waals surface area contributed by atoms with Crippen LogP contribution in [0, 0.1) is 5.92 Å². The van der Waals surface area contributed by atoms with Gasteiger partial charge in [0, 0.05) is 27.1 Å². The van der Waals surface area contributed by atoms with Gasteiger partial charge in [-0.3, -0.25) is 0 Å². The van der Waals surface area contributed by atoms with Crippen LogP contribution in [0.25, 0.3) is 21.7 Å². The lowest BCUT2D eigenvalue weighted by Gasteiger charge is -2.09. The van der Waals surface area contributed by atoms with Crippen LogP contribution in [0.4, 0.5) is 10.9 Å². The number of hydrogen-bond acceptors (Lipinski definition) is 8. The molecule has 0 bridgehead atoms. The van der Waals surface area contributed by atoms with Gasteiger partial charge < -0.3 is 14.8 Å². The molecule has 1 N–H and O–H groups in total. The van der Waals surface area contributed by atoms with E-state index in [1.807, 2.05) is 56.5 Å². The molecule has 6 nitrogen and oxygen atoms in total. The minimum absolute atomic E-state index is 0.401. The van der Waals surface area contributed by atoms with E-state index >= 15 is 0 Å². The van der Waals surface area contributed by atoms with Gasteiger partial charge in [-0.2, -0.15) is 0 Å². The van der Waals surface area contributed by atoms with Crippen molar-refractivity contribution in [3.8, 4) is 27.4 Å². The summed E-state index contributed by atoms with van der Waals surface area (Å²) < 4.78 is 10.7. The zero-order chi connectivity index (χ0) is 26.1. The molecule has 0 amide bonds. The molecule has 0 unspecified atom stereocenters. The van der Waals surface area contributed by atoms with Crippen molar-refractivity contribution in [2.24, 2.45) is 5.92 Å². The summed E-state index contributed by atoms with van der Waals surface area (Å²) in [6.07, 6.45) is 2.61. The van der Waals surface area contributed by atoms with E-state index in [1.165, 1.54) is 12.0 Å². The van der Waals surface area contributed by atoms with Gasteiger partial charge in [-0.1, -0.05) is 45.9 Å². The number of thiazole rings is 1. The Kier molecular flexibility index (Phi) is 10.0. The van der Waals surface area contributed by atoms with E-state index in [-0.39, 0.29) is 0 Å². The van der Waals surface area contributed by atoms with Gasteiger partial charge in [-0.25, -0.2) is 14.8 Å². The highest BCUT2D eigenvalue weighted by molar-refractivity contribution is 7.16. The van der Waals surface area contributed by atoms with Gasteiger partial charge in [0.2, 0.25) is 0 Å². The van der Waals surface area contributed by atoms with Crippen molar-refractivity contribution in [3.63, 3.8) is 0 Å². The number of carbonyl (C=O) groups is 1. The quantitative estimate of drug-likeness (QED) is 0.224. The fraction of sp³-hybridized carbons (Fsp3) is 0.321. The third kappa shape index (κ3) is 6.71. The molecule has 4 rings (SSSR count). The first-order valence-electron chi connectivity index (χ1n) is 12.1. The van der Waals surface area contributed by atoms with Crippen LogP contribution in [0.1, 0.15) is 49.9 Å². The van der Waals surface area contributed by atoms with Crippen LogP contribution in [-0.4, -0.2) is 29.7 Å². The van der Waals surface area contributed by atoms with E-state index < -0.39 is 5.97 Å². The third-order valence-electron chi connectivity index (χ3n) is 5.04. The molecule has 0 aliphatic rings. The molecule has 8 heteroatoms. The lowest BCUT2D eigenvalue weighted by atomic mass is 10.0. The predicted molar refractivity (Wildman–Crippen MR) is 151 cm³/mol. The SMILES string of the molecule is CC.CCOc1cccc(-c2nc(Nc3cc(C(=O)OC)c(-c4cccs4)cn3)sc2CC(C)C)c1. The van der Waals surface area contributed by atoms with Gasteiger partial charge in [-0.05, 0) is 48.9 Å². The third-order valence-corrected chi connectivity index (χ3v) is 6.94. The molecular weight excluding hydrogens is 490 g/mol. The van der Waals surface area contributed by atoms with Crippen molar-refractivity contribution < 1.29 is 14.3 Å². The number of nitrogens with one attached hydrogen (secondary N) is 1. The summed E-state index contributed by atoms with van der Waals surface area (Å²) in [6, 6.07) is 13.6. The van der Waals surface area contributed by atoms with E-state index in [0.717, 1.165) is 39.0 Å². The number of carbonyl (C=O) groups excluding carboxylic acids is 1. The summed E-state index contributed by atoms with van der Waals surface area (Å²) in [5, 5.41) is 5.99. The zero-order valence-corrected chi connectivity index (χ0v) is 23.3. The Morgan fingerprint density at radius 1 is 1.14 bits per heavy atom. The number of rotatable bonds is 9. The molecular formula is C28H33N3O3S2. The normalized spacial score (nSPS) is 10.5. The lowest BCUT2D eigenvalue weighted by molar-refractivity contribution is 0.0601. The number of ether oxygens (including phenoxy) is 2. The predicted octanol–water partition coefficient (Wildman–Crippen LogP) is 8.09. The van der Waals surface area contributed by atoms with Crippen molar-refractivity contribution in [2.75, 3.05) is 19.0 Å². The van der Waals surface area contributed by atoms with Crippen molar-refractivity contribution in [3.05, 3.63) is 64.5 Å². The number of methoxy groups -OCH3 is 1. The van der Waals surface area contributed by atoms with E-state index in [2.05, 4.69) is 30.2 Å². The van der Waals surface area contributed by atoms with Gasteiger partial charge in [0.05, 0.1) is 25.0 Å². The van der Waals surface area contributed by atoms with Crippen LogP contribution < -0.4 is 10.1 Å². The van der Waals surface area contributed by atoms with Gasteiger partial charge in [0.25, 0.3) is 0 Å². The number of thiophene rings is 1. The highest BCUT2D eigenvalue weighted by atomic mass is 32.1. The molecule has 0 spiro atoms. The van der Waals surface area contributed by atoms with Crippen molar-refractivity contribution in [1.82, 2.24) is 9.97 Å². The van der Waals surface area contributed by atoms with E-state index in [9.17, 15) is 4.79 Å². The first-order chi connectivity index (χ1) is 17.5. The van der Waals surface area contributed by atoms with E-state index in [1.54, 1.807) is 34.9 Å². The number of hydrogen-bond donors (Lipinski definition) is 1. The standard InChI is InChI=1S/C26H27N3O3S2.C2H6/c1-5-32-18-9-6-8-17(13-18)24-22(12-16(2)3)34-26(29-24)28-23-14-19(25(30)31-4)20(15-27-23)21-10-7-11-33-21;1-2/h6-11,13-16H,5,12H2,1-4H3,(H,27,28,29);1-2H3.